The van der Waals surface area contributed by atoms with E-state index in [-0.39, 0.29) is 0 Å². The van der Waals surface area contributed by atoms with Crippen LogP contribution in [0.3, 0.4) is 0 Å². The third-order valence-electron chi connectivity index (χ3n) is 5.38. The van der Waals surface area contributed by atoms with Gasteiger partial charge in [-0.05, 0) is 68.6 Å². The molecule has 0 aromatic carbocycles. The fourth-order valence-electron chi connectivity index (χ4n) is 4.09. The highest BCUT2D eigenvalue weighted by molar-refractivity contribution is 4.85. The van der Waals surface area contributed by atoms with Crippen LogP contribution in [-0.2, 0) is 0 Å². The summed E-state index contributed by atoms with van der Waals surface area (Å²) in [4.78, 5) is 0. The predicted octanol–water partition coefficient (Wildman–Crippen LogP) is 5.98. The molecule has 142 valence electrons. The van der Waals surface area contributed by atoms with E-state index in [1.54, 1.807) is 0 Å². The zero-order valence-corrected chi connectivity index (χ0v) is 17.6. The van der Waals surface area contributed by atoms with Gasteiger partial charge >= 0.3 is 0 Å². The van der Waals surface area contributed by atoms with Crippen LogP contribution in [0.15, 0.2) is 0 Å². The molecule has 2 saturated carbocycles. The van der Waals surface area contributed by atoms with Crippen LogP contribution in [0.4, 0.5) is 0 Å². The smallest absolute Gasteiger partial charge is 0.00415 e. The Hall–Kier alpha value is -0.0800. The molecule has 0 aromatic rings. The molecule has 0 radical (unpaired) electrons. The van der Waals surface area contributed by atoms with Crippen LogP contribution in [0.5, 0.6) is 0 Å². The molecule has 6 atom stereocenters. The molecule has 6 unspecified atom stereocenters. The van der Waals surface area contributed by atoms with E-state index in [1.165, 1.54) is 44.9 Å². The summed E-state index contributed by atoms with van der Waals surface area (Å²) in [7, 11) is 0. The van der Waals surface area contributed by atoms with Gasteiger partial charge in [0.1, 0.15) is 0 Å². The Morgan fingerprint density at radius 3 is 1.17 bits per heavy atom. The van der Waals surface area contributed by atoms with Gasteiger partial charge in [0.25, 0.3) is 0 Å². The number of hydrogen-bond acceptors (Lipinski definition) is 2. The number of rotatable bonds is 2. The zero-order chi connectivity index (χ0) is 18.4. The van der Waals surface area contributed by atoms with Crippen molar-refractivity contribution in [3.63, 3.8) is 0 Å². The van der Waals surface area contributed by atoms with E-state index >= 15 is 0 Å². The average Bonchev–Trinajstić information content (AvgIpc) is 2.58. The summed E-state index contributed by atoms with van der Waals surface area (Å²) in [5, 5.41) is 0. The Labute approximate surface area is 148 Å². The molecule has 4 N–H and O–H groups in total. The van der Waals surface area contributed by atoms with Crippen LogP contribution >= 0.6 is 0 Å². The van der Waals surface area contributed by atoms with E-state index in [9.17, 15) is 0 Å². The lowest BCUT2D eigenvalue weighted by molar-refractivity contribution is 0.139. The first-order chi connectivity index (χ1) is 11.1. The average molecular weight is 329 g/mol. The van der Waals surface area contributed by atoms with Crippen molar-refractivity contribution in [2.75, 3.05) is 0 Å². The second-order valence-electron chi connectivity index (χ2n) is 6.86. The third kappa shape index (κ3) is 9.72. The van der Waals surface area contributed by atoms with Crippen LogP contribution < -0.4 is 11.5 Å². The molecule has 0 amide bonds. The second kappa shape index (κ2) is 15.4. The normalized spacial score (nSPS) is 36.3. The fraction of sp³-hybridized carbons (Fsp3) is 1.00. The molecular formula is C21H48N2. The van der Waals surface area contributed by atoms with Gasteiger partial charge in [0.15, 0.2) is 0 Å². The minimum Gasteiger partial charge on any atom is -0.328 e. The molecule has 0 saturated heterocycles. The fourth-order valence-corrected chi connectivity index (χ4v) is 4.09. The minimum absolute atomic E-state index is 0.471. The first-order valence-electron chi connectivity index (χ1n) is 10.6. The van der Waals surface area contributed by atoms with Crippen molar-refractivity contribution in [1.29, 1.82) is 0 Å². The highest BCUT2D eigenvalue weighted by Crippen LogP contribution is 2.39. The lowest BCUT2D eigenvalue weighted by atomic mass is 9.68. The molecule has 2 aliphatic carbocycles. The summed E-state index contributed by atoms with van der Waals surface area (Å²) >= 11 is 0. The van der Waals surface area contributed by atoms with Gasteiger partial charge in [0, 0.05) is 12.1 Å². The Morgan fingerprint density at radius 2 is 0.913 bits per heavy atom. The molecule has 0 heterocycles. The summed E-state index contributed by atoms with van der Waals surface area (Å²) in [5.74, 6) is 3.52. The standard InChI is InChI=1S/C15H30N2.3C2H6/c1-10-7-14(16)5-3-12(10)9-13-4-6-15(17)8-11(13)2;3*1-2/h10-15H,3-9,16-17H2,1-2H3;3*1-2H3. The van der Waals surface area contributed by atoms with Crippen LogP contribution in [0.25, 0.3) is 0 Å². The topological polar surface area (TPSA) is 52.0 Å². The van der Waals surface area contributed by atoms with Crippen molar-refractivity contribution in [3.8, 4) is 0 Å². The molecule has 0 spiro atoms. The van der Waals surface area contributed by atoms with Crippen LogP contribution in [0.2, 0.25) is 0 Å². The van der Waals surface area contributed by atoms with Gasteiger partial charge < -0.3 is 11.5 Å². The zero-order valence-electron chi connectivity index (χ0n) is 17.6. The molecular weight excluding hydrogens is 280 g/mol. The second-order valence-corrected chi connectivity index (χ2v) is 6.86. The predicted molar refractivity (Wildman–Crippen MR) is 108 cm³/mol. The van der Waals surface area contributed by atoms with Gasteiger partial charge in [0.2, 0.25) is 0 Å². The van der Waals surface area contributed by atoms with Crippen molar-refractivity contribution >= 4 is 0 Å². The maximum atomic E-state index is 6.05. The summed E-state index contributed by atoms with van der Waals surface area (Å²) < 4.78 is 0. The van der Waals surface area contributed by atoms with Crippen LogP contribution in [0.1, 0.15) is 100 Å². The van der Waals surface area contributed by atoms with Gasteiger partial charge in [-0.2, -0.15) is 0 Å². The number of nitrogens with two attached hydrogens (primary N) is 2. The SMILES string of the molecule is CC.CC.CC.CC1CC(N)CCC1CC1CCC(N)CC1C. The quantitative estimate of drug-likeness (QED) is 0.655. The molecule has 2 heteroatoms. The highest BCUT2D eigenvalue weighted by Gasteiger charge is 2.32. The molecule has 2 rings (SSSR count). The Kier molecular flexibility index (Phi) is 16.9. The first-order valence-corrected chi connectivity index (χ1v) is 10.6. The molecule has 23 heavy (non-hydrogen) atoms. The largest absolute Gasteiger partial charge is 0.328 e. The van der Waals surface area contributed by atoms with Crippen LogP contribution in [0, 0.1) is 23.7 Å². The van der Waals surface area contributed by atoms with E-state index in [4.69, 9.17) is 11.5 Å². The van der Waals surface area contributed by atoms with Gasteiger partial charge in [0.05, 0.1) is 0 Å². The molecule has 0 aliphatic heterocycles. The van der Waals surface area contributed by atoms with Crippen molar-refractivity contribution in [2.45, 2.75) is 112 Å². The van der Waals surface area contributed by atoms with Crippen molar-refractivity contribution in [2.24, 2.45) is 35.1 Å². The Bertz CT molecular complexity index is 218. The van der Waals surface area contributed by atoms with E-state index < -0.39 is 0 Å². The van der Waals surface area contributed by atoms with Gasteiger partial charge in [-0.1, -0.05) is 55.4 Å². The Balaban J connectivity index is 0. The van der Waals surface area contributed by atoms with Crippen molar-refractivity contribution in [1.82, 2.24) is 0 Å². The van der Waals surface area contributed by atoms with Gasteiger partial charge in [-0.3, -0.25) is 0 Å². The highest BCUT2D eigenvalue weighted by atomic mass is 14.7. The monoisotopic (exact) mass is 328 g/mol. The Morgan fingerprint density at radius 1 is 0.609 bits per heavy atom. The lowest BCUT2D eigenvalue weighted by Gasteiger charge is -2.39. The van der Waals surface area contributed by atoms with Crippen molar-refractivity contribution < 1.29 is 0 Å². The van der Waals surface area contributed by atoms with E-state index in [1.807, 2.05) is 41.5 Å². The molecule has 2 fully saturated rings. The van der Waals surface area contributed by atoms with Gasteiger partial charge in [-0.15, -0.1) is 0 Å². The molecule has 2 nitrogen and oxygen atoms in total. The van der Waals surface area contributed by atoms with E-state index in [2.05, 4.69) is 13.8 Å². The molecule has 2 aliphatic rings. The van der Waals surface area contributed by atoms with Crippen LogP contribution in [-0.4, -0.2) is 12.1 Å². The maximum Gasteiger partial charge on any atom is 0.00415 e. The summed E-state index contributed by atoms with van der Waals surface area (Å²) in [5.41, 5.74) is 12.1. The van der Waals surface area contributed by atoms with Gasteiger partial charge in [-0.25, -0.2) is 0 Å². The maximum absolute atomic E-state index is 6.05. The third-order valence-corrected chi connectivity index (χ3v) is 5.38. The number of hydrogen-bond donors (Lipinski definition) is 2. The summed E-state index contributed by atoms with van der Waals surface area (Å²) in [6, 6.07) is 0.942. The lowest BCUT2D eigenvalue weighted by Crippen LogP contribution is -2.36. The minimum atomic E-state index is 0.471. The van der Waals surface area contributed by atoms with E-state index in [0.717, 1.165) is 23.7 Å². The summed E-state index contributed by atoms with van der Waals surface area (Å²) in [6.07, 6.45) is 9.12. The molecule has 0 aromatic heterocycles. The first kappa shape index (κ1) is 25.2. The van der Waals surface area contributed by atoms with E-state index in [0.29, 0.717) is 12.1 Å². The van der Waals surface area contributed by atoms with Crippen molar-refractivity contribution in [3.05, 3.63) is 0 Å². The summed E-state index contributed by atoms with van der Waals surface area (Å²) in [6.45, 7) is 16.8. The molecule has 0 bridgehead atoms.